The van der Waals surface area contributed by atoms with E-state index < -0.39 is 8.07 Å². The summed E-state index contributed by atoms with van der Waals surface area (Å²) in [7, 11) is -1.27. The van der Waals surface area contributed by atoms with E-state index in [1.807, 2.05) is 36.0 Å². The van der Waals surface area contributed by atoms with Gasteiger partial charge in [-0.05, 0) is 11.6 Å². The molecule has 0 unspecified atom stereocenters. The van der Waals surface area contributed by atoms with Crippen LogP contribution in [0.15, 0.2) is 42.1 Å². The first kappa shape index (κ1) is 12.7. The monoisotopic (exact) mass is 233 g/mol. The number of benzene rings is 1. The number of carbonyl (C=O) groups is 1. The molecule has 0 aliphatic carbocycles. The van der Waals surface area contributed by atoms with Crippen molar-refractivity contribution >= 4 is 14.0 Å². The number of rotatable bonds is 4. The summed E-state index contributed by atoms with van der Waals surface area (Å²) in [5.74, 6) is -0.00808. The van der Waals surface area contributed by atoms with Crippen molar-refractivity contribution < 1.29 is 4.79 Å². The van der Waals surface area contributed by atoms with Crippen LogP contribution in [-0.4, -0.2) is 14.0 Å². The second-order valence-corrected chi connectivity index (χ2v) is 9.97. The zero-order valence-electron chi connectivity index (χ0n) is 10.2. The van der Waals surface area contributed by atoms with E-state index in [1.165, 1.54) is 0 Å². The minimum atomic E-state index is -1.27. The van der Waals surface area contributed by atoms with Gasteiger partial charge < -0.3 is 5.32 Å². The Morgan fingerprint density at radius 3 is 2.44 bits per heavy atom. The Labute approximate surface area is 98.4 Å². The number of carbonyl (C=O) groups excluding carboxylic acids is 1. The molecule has 0 fully saturated rings. The Kier molecular flexibility index (Phi) is 4.49. The molecule has 0 bridgehead atoms. The third-order valence-electron chi connectivity index (χ3n) is 2.04. The molecular formula is C13H19NOSi. The van der Waals surface area contributed by atoms with Gasteiger partial charge >= 0.3 is 0 Å². The van der Waals surface area contributed by atoms with Gasteiger partial charge in [0.25, 0.3) is 0 Å². The van der Waals surface area contributed by atoms with Gasteiger partial charge in [-0.3, -0.25) is 4.79 Å². The van der Waals surface area contributed by atoms with E-state index in [0.717, 1.165) is 5.56 Å². The van der Waals surface area contributed by atoms with Crippen LogP contribution < -0.4 is 5.32 Å². The van der Waals surface area contributed by atoms with Gasteiger partial charge in [0.1, 0.15) is 0 Å². The van der Waals surface area contributed by atoms with Gasteiger partial charge in [-0.1, -0.05) is 55.7 Å². The van der Waals surface area contributed by atoms with Gasteiger partial charge in [-0.2, -0.15) is 0 Å². The molecule has 0 saturated carbocycles. The molecule has 1 aromatic carbocycles. The van der Waals surface area contributed by atoms with Crippen molar-refractivity contribution in [2.24, 2.45) is 0 Å². The highest BCUT2D eigenvalue weighted by atomic mass is 28.3. The van der Waals surface area contributed by atoms with Gasteiger partial charge in [0.15, 0.2) is 0 Å². The fraction of sp³-hybridized carbons (Fsp3) is 0.308. The van der Waals surface area contributed by atoms with Crippen LogP contribution in [0.25, 0.3) is 0 Å². The van der Waals surface area contributed by atoms with E-state index in [-0.39, 0.29) is 5.91 Å². The molecular weight excluding hydrogens is 214 g/mol. The summed E-state index contributed by atoms with van der Waals surface area (Å²) in [6.45, 7) is 7.20. The Balaban J connectivity index is 2.40. The van der Waals surface area contributed by atoms with Gasteiger partial charge in [0, 0.05) is 6.54 Å². The van der Waals surface area contributed by atoms with E-state index in [4.69, 9.17) is 0 Å². The minimum absolute atomic E-state index is 0.00808. The Morgan fingerprint density at radius 1 is 1.25 bits per heavy atom. The second-order valence-electron chi connectivity index (χ2n) is 4.90. The van der Waals surface area contributed by atoms with Gasteiger partial charge in [-0.15, -0.1) is 0 Å². The zero-order chi connectivity index (χ0) is 12.0. The molecule has 1 rings (SSSR count). The predicted octanol–water partition coefficient (Wildman–Crippen LogP) is 2.74. The van der Waals surface area contributed by atoms with E-state index in [9.17, 15) is 4.79 Å². The standard InChI is InChI=1S/C13H19NOSi/c1-16(2,3)10-9-13(15)14-11-12-7-5-4-6-8-12/h4-10H,11H2,1-3H3,(H,14,15)/b10-9-. The number of amides is 1. The van der Waals surface area contributed by atoms with Crippen molar-refractivity contribution in [3.8, 4) is 0 Å². The van der Waals surface area contributed by atoms with E-state index >= 15 is 0 Å². The summed E-state index contributed by atoms with van der Waals surface area (Å²) < 4.78 is 0. The molecule has 3 heteroatoms. The molecule has 0 aliphatic rings. The fourth-order valence-corrected chi connectivity index (χ4v) is 1.82. The van der Waals surface area contributed by atoms with Gasteiger partial charge in [0.2, 0.25) is 5.91 Å². The first-order valence-electron chi connectivity index (χ1n) is 5.48. The van der Waals surface area contributed by atoms with Gasteiger partial charge in [-0.25, -0.2) is 0 Å². The van der Waals surface area contributed by atoms with Crippen molar-refractivity contribution in [3.05, 3.63) is 47.7 Å². The van der Waals surface area contributed by atoms with Crippen LogP contribution >= 0.6 is 0 Å². The largest absolute Gasteiger partial charge is 0.348 e. The van der Waals surface area contributed by atoms with E-state index in [0.29, 0.717) is 6.54 Å². The Morgan fingerprint density at radius 2 is 1.88 bits per heavy atom. The fourth-order valence-electron chi connectivity index (χ4n) is 1.17. The number of nitrogens with one attached hydrogen (secondary N) is 1. The Hall–Kier alpha value is -1.35. The summed E-state index contributed by atoms with van der Waals surface area (Å²) in [6.07, 6.45) is 1.66. The van der Waals surface area contributed by atoms with Crippen molar-refractivity contribution in [1.29, 1.82) is 0 Å². The average molecular weight is 233 g/mol. The Bertz CT molecular complexity index is 365. The van der Waals surface area contributed by atoms with Crippen LogP contribution in [0.1, 0.15) is 5.56 Å². The summed E-state index contributed by atoms with van der Waals surface area (Å²) in [4.78, 5) is 11.5. The molecule has 1 N–H and O–H groups in total. The molecule has 16 heavy (non-hydrogen) atoms. The third-order valence-corrected chi connectivity index (χ3v) is 3.21. The molecule has 0 atom stereocenters. The second kappa shape index (κ2) is 5.65. The summed E-state index contributed by atoms with van der Waals surface area (Å²) in [5, 5.41) is 2.87. The molecule has 2 nitrogen and oxygen atoms in total. The highest BCUT2D eigenvalue weighted by molar-refractivity contribution is 6.81. The normalized spacial score (nSPS) is 11.7. The maximum atomic E-state index is 11.5. The maximum Gasteiger partial charge on any atom is 0.243 e. The molecule has 0 spiro atoms. The van der Waals surface area contributed by atoms with Crippen LogP contribution in [0.4, 0.5) is 0 Å². The molecule has 1 amide bonds. The van der Waals surface area contributed by atoms with Crippen molar-refractivity contribution in [3.63, 3.8) is 0 Å². The molecule has 1 aromatic rings. The first-order valence-corrected chi connectivity index (χ1v) is 9.06. The SMILES string of the molecule is C[Si](C)(C)/C=C\C(=O)NCc1ccccc1. The van der Waals surface area contributed by atoms with E-state index in [1.54, 1.807) is 6.08 Å². The highest BCUT2D eigenvalue weighted by Gasteiger charge is 2.07. The van der Waals surface area contributed by atoms with Crippen LogP contribution in [-0.2, 0) is 11.3 Å². The van der Waals surface area contributed by atoms with Crippen molar-refractivity contribution in [2.75, 3.05) is 0 Å². The predicted molar refractivity (Wildman–Crippen MR) is 70.8 cm³/mol. The number of hydrogen-bond donors (Lipinski definition) is 1. The zero-order valence-corrected chi connectivity index (χ0v) is 11.2. The quantitative estimate of drug-likeness (QED) is 0.629. The first-order chi connectivity index (χ1) is 7.47. The van der Waals surface area contributed by atoms with Crippen LogP contribution in [0, 0.1) is 0 Å². The van der Waals surface area contributed by atoms with Crippen molar-refractivity contribution in [1.82, 2.24) is 5.32 Å². The van der Waals surface area contributed by atoms with Crippen LogP contribution in [0.3, 0.4) is 0 Å². The highest BCUT2D eigenvalue weighted by Crippen LogP contribution is 2.01. The summed E-state index contributed by atoms with van der Waals surface area (Å²) >= 11 is 0. The molecule has 0 aromatic heterocycles. The maximum absolute atomic E-state index is 11.5. The third kappa shape index (κ3) is 5.51. The van der Waals surface area contributed by atoms with Crippen molar-refractivity contribution in [2.45, 2.75) is 26.2 Å². The molecule has 0 radical (unpaired) electrons. The van der Waals surface area contributed by atoms with Crippen LogP contribution in [0.5, 0.6) is 0 Å². The topological polar surface area (TPSA) is 29.1 Å². The van der Waals surface area contributed by atoms with E-state index in [2.05, 4.69) is 25.0 Å². The molecule has 0 heterocycles. The average Bonchev–Trinajstić information content (AvgIpc) is 2.24. The van der Waals surface area contributed by atoms with Crippen LogP contribution in [0.2, 0.25) is 19.6 Å². The molecule has 0 saturated heterocycles. The minimum Gasteiger partial charge on any atom is -0.348 e. The summed E-state index contributed by atoms with van der Waals surface area (Å²) in [5.41, 5.74) is 3.17. The number of hydrogen-bond acceptors (Lipinski definition) is 1. The molecule has 86 valence electrons. The molecule has 0 aliphatic heterocycles. The smallest absolute Gasteiger partial charge is 0.243 e. The lowest BCUT2D eigenvalue weighted by molar-refractivity contribution is -0.116. The summed E-state index contributed by atoms with van der Waals surface area (Å²) in [6, 6.07) is 9.92. The van der Waals surface area contributed by atoms with Gasteiger partial charge in [0.05, 0.1) is 8.07 Å². The lowest BCUT2D eigenvalue weighted by Gasteiger charge is -2.08. The lowest BCUT2D eigenvalue weighted by Crippen LogP contribution is -2.23. The lowest BCUT2D eigenvalue weighted by atomic mass is 10.2.